The number of aromatic hydroxyl groups is 1. The number of nitro groups is 1. The molecule has 180 valence electrons. The molecule has 1 aliphatic carbocycles. The Balaban J connectivity index is 1.37. The molecule has 34 heavy (non-hydrogen) atoms. The van der Waals surface area contributed by atoms with Crippen molar-refractivity contribution < 1.29 is 14.8 Å². The number of non-ortho nitro benzene ring substituents is 1. The molecule has 10 nitrogen and oxygen atoms in total. The van der Waals surface area contributed by atoms with Gasteiger partial charge in [0.25, 0.3) is 5.69 Å². The zero-order valence-electron chi connectivity index (χ0n) is 19.6. The number of methoxy groups -OCH3 is 1. The molecule has 4 rings (SSSR count). The summed E-state index contributed by atoms with van der Waals surface area (Å²) < 4.78 is 5.08. The Kier molecular flexibility index (Phi) is 6.97. The van der Waals surface area contributed by atoms with Gasteiger partial charge in [0.05, 0.1) is 23.6 Å². The molecule has 0 atom stereocenters. The molecular formula is C24H30N6O4. The molecular weight excluding hydrogens is 436 g/mol. The molecule has 0 spiro atoms. The van der Waals surface area contributed by atoms with Crippen LogP contribution in [0.5, 0.6) is 11.5 Å². The van der Waals surface area contributed by atoms with Gasteiger partial charge >= 0.3 is 0 Å². The zero-order chi connectivity index (χ0) is 24.2. The number of para-hydroxylation sites is 1. The number of nitrogens with one attached hydrogen (secondary N) is 2. The maximum atomic E-state index is 11.2. The molecule has 1 heterocycles. The third-order valence-electron chi connectivity index (χ3n) is 6.22. The summed E-state index contributed by atoms with van der Waals surface area (Å²) >= 11 is 0. The Morgan fingerprint density at radius 3 is 2.53 bits per heavy atom. The van der Waals surface area contributed by atoms with Crippen molar-refractivity contribution in [3.05, 3.63) is 52.1 Å². The molecule has 3 N–H and O–H groups in total. The van der Waals surface area contributed by atoms with Crippen LogP contribution in [0.1, 0.15) is 31.2 Å². The molecule has 0 saturated heterocycles. The first kappa shape index (κ1) is 23.5. The summed E-state index contributed by atoms with van der Waals surface area (Å²) in [4.78, 5) is 22.1. The van der Waals surface area contributed by atoms with Gasteiger partial charge in [-0.2, -0.15) is 4.98 Å². The van der Waals surface area contributed by atoms with Crippen molar-refractivity contribution in [3.63, 3.8) is 0 Å². The minimum Gasteiger partial charge on any atom is -0.504 e. The van der Waals surface area contributed by atoms with Gasteiger partial charge in [-0.3, -0.25) is 10.1 Å². The van der Waals surface area contributed by atoms with Crippen LogP contribution in [0, 0.1) is 10.1 Å². The normalized spacial score (nSPS) is 18.0. The van der Waals surface area contributed by atoms with E-state index in [2.05, 4.69) is 10.6 Å². The standard InChI is InChI=1S/C24H30N6O4/c1-29(2)23-19-6-4-5-7-20(19)27-24(28-23)26-17-10-8-16(9-11-17)25-14-15-12-18(30(32)33)13-21(34-3)22(15)31/h4-7,12-13,16-17,25,31H,8-11,14H2,1-3H3,(H,26,27,28)/t16-,17+. The van der Waals surface area contributed by atoms with Crippen molar-refractivity contribution in [1.82, 2.24) is 15.3 Å². The van der Waals surface area contributed by atoms with E-state index in [9.17, 15) is 15.2 Å². The highest BCUT2D eigenvalue weighted by atomic mass is 16.6. The molecule has 1 fully saturated rings. The first-order chi connectivity index (χ1) is 16.4. The third-order valence-corrected chi connectivity index (χ3v) is 6.22. The van der Waals surface area contributed by atoms with E-state index in [1.54, 1.807) is 0 Å². The second-order valence-corrected chi connectivity index (χ2v) is 8.77. The Labute approximate surface area is 198 Å². The number of nitro benzene ring substituents is 1. The molecule has 3 aromatic rings. The number of fused-ring (bicyclic) bond motifs is 1. The maximum Gasteiger partial charge on any atom is 0.273 e. The highest BCUT2D eigenvalue weighted by molar-refractivity contribution is 5.90. The van der Waals surface area contributed by atoms with Crippen LogP contribution >= 0.6 is 0 Å². The lowest BCUT2D eigenvalue weighted by atomic mass is 9.91. The van der Waals surface area contributed by atoms with Crippen molar-refractivity contribution >= 4 is 28.4 Å². The summed E-state index contributed by atoms with van der Waals surface area (Å²) in [5.41, 5.74) is 1.25. The average Bonchev–Trinajstić information content (AvgIpc) is 2.83. The van der Waals surface area contributed by atoms with Crippen molar-refractivity contribution in [2.45, 2.75) is 44.3 Å². The van der Waals surface area contributed by atoms with Crippen LogP contribution in [-0.4, -0.2) is 53.3 Å². The lowest BCUT2D eigenvalue weighted by molar-refractivity contribution is -0.385. The Morgan fingerprint density at radius 1 is 1.15 bits per heavy atom. The van der Waals surface area contributed by atoms with Gasteiger partial charge in [0.15, 0.2) is 11.5 Å². The van der Waals surface area contributed by atoms with Crippen LogP contribution in [-0.2, 0) is 6.54 Å². The first-order valence-electron chi connectivity index (χ1n) is 11.3. The van der Waals surface area contributed by atoms with E-state index >= 15 is 0 Å². The van der Waals surface area contributed by atoms with Gasteiger partial charge < -0.3 is 25.4 Å². The van der Waals surface area contributed by atoms with Gasteiger partial charge in [0, 0.05) is 49.7 Å². The fourth-order valence-electron chi connectivity index (χ4n) is 4.39. The number of phenols is 1. The highest BCUT2D eigenvalue weighted by Crippen LogP contribution is 2.35. The van der Waals surface area contributed by atoms with Crippen molar-refractivity contribution in [3.8, 4) is 11.5 Å². The number of benzene rings is 2. The Morgan fingerprint density at radius 2 is 1.85 bits per heavy atom. The molecule has 0 radical (unpaired) electrons. The van der Waals surface area contributed by atoms with E-state index in [-0.39, 0.29) is 29.3 Å². The van der Waals surface area contributed by atoms with Gasteiger partial charge in [-0.1, -0.05) is 12.1 Å². The van der Waals surface area contributed by atoms with Gasteiger partial charge in [0.2, 0.25) is 5.95 Å². The lowest BCUT2D eigenvalue weighted by Crippen LogP contribution is -2.37. The molecule has 0 amide bonds. The monoisotopic (exact) mass is 466 g/mol. The van der Waals surface area contributed by atoms with Crippen molar-refractivity contribution in [1.29, 1.82) is 0 Å². The predicted octanol–water partition coefficient (Wildman–Crippen LogP) is 3.83. The SMILES string of the molecule is COc1cc([N+](=O)[O-])cc(CN[C@H]2CC[C@@H](Nc3nc(N(C)C)c4ccccc4n3)CC2)c1O. The predicted molar refractivity (Wildman–Crippen MR) is 132 cm³/mol. The largest absolute Gasteiger partial charge is 0.504 e. The van der Waals surface area contributed by atoms with E-state index in [0.29, 0.717) is 18.1 Å². The summed E-state index contributed by atoms with van der Waals surface area (Å²) in [7, 11) is 5.33. The smallest absolute Gasteiger partial charge is 0.273 e. The van der Waals surface area contributed by atoms with Gasteiger partial charge in [-0.05, 0) is 37.8 Å². The second-order valence-electron chi connectivity index (χ2n) is 8.77. The number of anilines is 2. The van der Waals surface area contributed by atoms with Crippen LogP contribution in [0.3, 0.4) is 0 Å². The number of nitrogens with zero attached hydrogens (tertiary/aromatic N) is 4. The van der Waals surface area contributed by atoms with E-state index in [0.717, 1.165) is 42.4 Å². The molecule has 1 aromatic heterocycles. The number of rotatable bonds is 8. The number of hydrogen-bond acceptors (Lipinski definition) is 9. The van der Waals surface area contributed by atoms with Gasteiger partial charge in [-0.25, -0.2) is 4.98 Å². The fourth-order valence-corrected chi connectivity index (χ4v) is 4.39. The zero-order valence-corrected chi connectivity index (χ0v) is 19.6. The molecule has 10 heteroatoms. The van der Waals surface area contributed by atoms with Crippen molar-refractivity contribution in [2.24, 2.45) is 0 Å². The van der Waals surface area contributed by atoms with E-state index < -0.39 is 4.92 Å². The summed E-state index contributed by atoms with van der Waals surface area (Å²) in [6.07, 6.45) is 3.74. The minimum atomic E-state index is -0.487. The third kappa shape index (κ3) is 5.12. The Hall–Kier alpha value is -3.66. The highest BCUT2D eigenvalue weighted by Gasteiger charge is 2.23. The molecule has 0 aliphatic heterocycles. The van der Waals surface area contributed by atoms with Gasteiger partial charge in [-0.15, -0.1) is 0 Å². The maximum absolute atomic E-state index is 11.2. The second kappa shape index (κ2) is 10.1. The number of phenolic OH excluding ortho intramolecular Hbond substituents is 1. The lowest BCUT2D eigenvalue weighted by Gasteiger charge is -2.30. The summed E-state index contributed by atoms with van der Waals surface area (Å²) in [6, 6.07) is 11.1. The van der Waals surface area contributed by atoms with E-state index in [4.69, 9.17) is 14.7 Å². The molecule has 1 aliphatic rings. The fraction of sp³-hybridized carbons (Fsp3) is 0.417. The molecule has 0 bridgehead atoms. The van der Waals surface area contributed by atoms with Gasteiger partial charge in [0.1, 0.15) is 5.82 Å². The summed E-state index contributed by atoms with van der Waals surface area (Å²) in [5, 5.41) is 29.5. The Bertz CT molecular complexity index is 1180. The average molecular weight is 467 g/mol. The van der Waals surface area contributed by atoms with Crippen LogP contribution < -0.4 is 20.3 Å². The number of aromatic nitrogens is 2. The number of ether oxygens (including phenoxy) is 1. The van der Waals surface area contributed by atoms with Crippen molar-refractivity contribution in [2.75, 3.05) is 31.4 Å². The van der Waals surface area contributed by atoms with Crippen LogP contribution in [0.15, 0.2) is 36.4 Å². The topological polar surface area (TPSA) is 126 Å². The minimum absolute atomic E-state index is 0.0684. The molecule has 1 saturated carbocycles. The van der Waals surface area contributed by atoms with Crippen LogP contribution in [0.4, 0.5) is 17.5 Å². The quantitative estimate of drug-likeness (QED) is 0.335. The molecule has 2 aromatic carbocycles. The van der Waals surface area contributed by atoms with Crippen LogP contribution in [0.2, 0.25) is 0 Å². The summed E-state index contributed by atoms with van der Waals surface area (Å²) in [6.45, 7) is 0.326. The van der Waals surface area contributed by atoms with Crippen LogP contribution in [0.25, 0.3) is 10.9 Å². The first-order valence-corrected chi connectivity index (χ1v) is 11.3. The number of hydrogen-bond donors (Lipinski definition) is 3. The molecule has 0 unspecified atom stereocenters. The summed E-state index contributed by atoms with van der Waals surface area (Å²) in [5.74, 6) is 1.55. The van der Waals surface area contributed by atoms with E-state index in [1.807, 2.05) is 43.3 Å². The van der Waals surface area contributed by atoms with E-state index in [1.165, 1.54) is 19.2 Å².